The number of anilines is 6. The lowest BCUT2D eigenvalue weighted by atomic mass is 9.33. The molecule has 0 saturated carbocycles. The molecule has 7 bridgehead atoms. The van der Waals surface area contributed by atoms with Gasteiger partial charge in [-0.1, -0.05) is 168 Å². The summed E-state index contributed by atoms with van der Waals surface area (Å²) in [6.07, 6.45) is 2.03. The number of fused-ring (bicyclic) bond motifs is 5. The van der Waals surface area contributed by atoms with Gasteiger partial charge < -0.3 is 9.80 Å². The first-order valence-electron chi connectivity index (χ1n) is 23.8. The third-order valence-electron chi connectivity index (χ3n) is 15.3. The van der Waals surface area contributed by atoms with Gasteiger partial charge in [0, 0.05) is 39.4 Å². The Morgan fingerprint density at radius 1 is 0.484 bits per heavy atom. The van der Waals surface area contributed by atoms with Crippen LogP contribution in [0, 0.1) is 0 Å². The second-order valence-electron chi connectivity index (χ2n) is 23.3. The van der Waals surface area contributed by atoms with Gasteiger partial charge in [-0.05, 0) is 156 Å². The number of rotatable bonds is 2. The fourth-order valence-corrected chi connectivity index (χ4v) is 11.4. The van der Waals surface area contributed by atoms with Crippen molar-refractivity contribution in [3.8, 4) is 22.3 Å². The average Bonchev–Trinajstić information content (AvgIpc) is 3.60. The molecule has 1 unspecified atom stereocenters. The van der Waals surface area contributed by atoms with Crippen LogP contribution in [0.25, 0.3) is 22.3 Å². The second-order valence-corrected chi connectivity index (χ2v) is 23.3. The highest BCUT2D eigenvalue weighted by Gasteiger charge is 2.46. The fraction of sp³-hybridized carbons (Fsp3) is 0.311. The van der Waals surface area contributed by atoms with Crippen LogP contribution in [0.15, 0.2) is 133 Å². The molecule has 2 nitrogen and oxygen atoms in total. The Morgan fingerprint density at radius 3 is 1.69 bits per heavy atom. The molecule has 1 aliphatic carbocycles. The molecule has 4 aliphatic heterocycles. The summed E-state index contributed by atoms with van der Waals surface area (Å²) >= 11 is 0. The minimum Gasteiger partial charge on any atom is -0.311 e. The number of hydrogen-bond acceptors (Lipinski definition) is 2. The van der Waals surface area contributed by atoms with E-state index < -0.39 is 0 Å². The zero-order valence-electron chi connectivity index (χ0n) is 40.2. The predicted octanol–water partition coefficient (Wildman–Crippen LogP) is 14.5. The molecule has 0 radical (unpaired) electrons. The number of hydrogen-bond donors (Lipinski definition) is 0. The van der Waals surface area contributed by atoms with Gasteiger partial charge in [-0.2, -0.15) is 0 Å². The molecule has 5 aliphatic rings. The summed E-state index contributed by atoms with van der Waals surface area (Å²) in [7, 11) is 0. The first-order chi connectivity index (χ1) is 30.3. The SMILES string of the molecule is CC(C)c1cc2c3c(c1)N1c4cc5c(cc4B3c3cc(C(C)(C)C)ccc3N2c2ccc(C(C)(C)C)cc2)CC(C)(C5)c2cccc(c2)-c2ccc(cc2)-c2cc(C(C)(C)C)ccc21. The highest BCUT2D eigenvalue weighted by molar-refractivity contribution is 7.00. The van der Waals surface area contributed by atoms with Crippen molar-refractivity contribution in [3.05, 3.63) is 172 Å². The van der Waals surface area contributed by atoms with E-state index in [2.05, 4.69) is 226 Å². The summed E-state index contributed by atoms with van der Waals surface area (Å²) in [5.41, 5.74) is 26.7. The van der Waals surface area contributed by atoms with Crippen molar-refractivity contribution in [3.63, 3.8) is 0 Å². The molecule has 64 heavy (non-hydrogen) atoms. The van der Waals surface area contributed by atoms with E-state index in [4.69, 9.17) is 0 Å². The Kier molecular flexibility index (Phi) is 8.86. The smallest absolute Gasteiger partial charge is 0.252 e. The molecule has 7 aromatic carbocycles. The van der Waals surface area contributed by atoms with Crippen LogP contribution < -0.4 is 26.2 Å². The van der Waals surface area contributed by atoms with E-state index >= 15 is 0 Å². The normalized spacial score (nSPS) is 17.0. The minimum atomic E-state index is -0.0184. The molecule has 0 amide bonds. The zero-order valence-corrected chi connectivity index (χ0v) is 40.2. The fourth-order valence-electron chi connectivity index (χ4n) is 11.4. The van der Waals surface area contributed by atoms with Crippen LogP contribution in [0.1, 0.15) is 128 Å². The van der Waals surface area contributed by atoms with Gasteiger partial charge in [-0.25, -0.2) is 0 Å². The first kappa shape index (κ1) is 40.9. The average molecular weight is 835 g/mol. The van der Waals surface area contributed by atoms with Crippen molar-refractivity contribution in [2.24, 2.45) is 0 Å². The van der Waals surface area contributed by atoms with Gasteiger partial charge >= 0.3 is 0 Å². The molecule has 0 saturated heterocycles. The van der Waals surface area contributed by atoms with E-state index in [0.29, 0.717) is 5.92 Å². The minimum absolute atomic E-state index is 0.0130. The van der Waals surface area contributed by atoms with Gasteiger partial charge in [0.15, 0.2) is 0 Å². The standard InChI is InChI=1S/C61H63BN2/c1-37(2)41-30-55-57-56(31-41)64-52-26-22-45(59(6,7)8)33-49(52)39-18-16-38(17-19-39)40-14-13-15-47(28-40)61(12)35-42-29-50(54(64)32-43(42)36-61)62(57)51-34-46(60(9,10)11)23-27-53(51)63(55)48-24-20-44(21-25-48)58(3,4)5/h13-34,37H,35-36H2,1-12H3. The molecule has 3 heteroatoms. The highest BCUT2D eigenvalue weighted by Crippen LogP contribution is 2.51. The van der Waals surface area contributed by atoms with E-state index in [0.717, 1.165) is 12.8 Å². The van der Waals surface area contributed by atoms with Crippen LogP contribution in [0.4, 0.5) is 34.1 Å². The highest BCUT2D eigenvalue weighted by atomic mass is 15.2. The van der Waals surface area contributed by atoms with Crippen molar-refractivity contribution in [2.75, 3.05) is 9.80 Å². The molecule has 1 atom stereocenters. The lowest BCUT2D eigenvalue weighted by molar-refractivity contribution is 0.504. The van der Waals surface area contributed by atoms with Crippen molar-refractivity contribution >= 4 is 57.2 Å². The van der Waals surface area contributed by atoms with Crippen molar-refractivity contribution in [1.82, 2.24) is 0 Å². The van der Waals surface area contributed by atoms with Gasteiger partial charge in [0.25, 0.3) is 6.71 Å². The first-order valence-corrected chi connectivity index (χ1v) is 23.8. The van der Waals surface area contributed by atoms with E-state index in [1.54, 1.807) is 0 Å². The Balaban J connectivity index is 1.28. The molecule has 7 aromatic rings. The summed E-state index contributed by atoms with van der Waals surface area (Å²) in [6, 6.07) is 53.4. The quantitative estimate of drug-likeness (QED) is 0.160. The van der Waals surface area contributed by atoms with E-state index in [-0.39, 0.29) is 28.4 Å². The van der Waals surface area contributed by atoms with E-state index in [9.17, 15) is 0 Å². The van der Waals surface area contributed by atoms with Gasteiger partial charge in [0.05, 0.1) is 5.69 Å². The van der Waals surface area contributed by atoms with Gasteiger partial charge in [0.1, 0.15) is 0 Å². The largest absolute Gasteiger partial charge is 0.311 e. The molecular formula is C61H63BN2. The molecule has 0 N–H and O–H groups in total. The maximum absolute atomic E-state index is 2.70. The summed E-state index contributed by atoms with van der Waals surface area (Å²) in [6.45, 7) is 28.3. The van der Waals surface area contributed by atoms with Gasteiger partial charge in [0.2, 0.25) is 0 Å². The van der Waals surface area contributed by atoms with Crippen molar-refractivity contribution < 1.29 is 0 Å². The molecule has 320 valence electrons. The third-order valence-corrected chi connectivity index (χ3v) is 15.3. The van der Waals surface area contributed by atoms with Crippen LogP contribution in [0.3, 0.4) is 0 Å². The van der Waals surface area contributed by atoms with E-state index in [1.807, 2.05) is 0 Å². The summed E-state index contributed by atoms with van der Waals surface area (Å²) in [4.78, 5) is 5.30. The molecule has 12 rings (SSSR count). The Hall–Kier alpha value is -5.80. The second kappa shape index (κ2) is 13.9. The third kappa shape index (κ3) is 6.35. The van der Waals surface area contributed by atoms with Crippen LogP contribution in [-0.2, 0) is 34.5 Å². The van der Waals surface area contributed by atoms with Gasteiger partial charge in [-0.3, -0.25) is 0 Å². The summed E-state index contributed by atoms with van der Waals surface area (Å²) in [5, 5.41) is 0. The van der Waals surface area contributed by atoms with Crippen LogP contribution in [0.2, 0.25) is 0 Å². The predicted molar refractivity (Wildman–Crippen MR) is 276 cm³/mol. The molecule has 0 fully saturated rings. The Bertz CT molecular complexity index is 3040. The maximum atomic E-state index is 2.70. The lowest BCUT2D eigenvalue weighted by Gasteiger charge is -2.45. The summed E-state index contributed by atoms with van der Waals surface area (Å²) in [5.74, 6) is 0.325. The number of benzene rings is 7. The lowest BCUT2D eigenvalue weighted by Crippen LogP contribution is -2.61. The van der Waals surface area contributed by atoms with Crippen molar-refractivity contribution in [2.45, 2.75) is 124 Å². The molecule has 0 aromatic heterocycles. The Labute approximate surface area is 383 Å². The Morgan fingerprint density at radius 2 is 1.05 bits per heavy atom. The zero-order chi connectivity index (χ0) is 44.8. The monoisotopic (exact) mass is 835 g/mol. The van der Waals surface area contributed by atoms with Crippen LogP contribution in [-0.4, -0.2) is 6.71 Å². The van der Waals surface area contributed by atoms with Crippen molar-refractivity contribution in [1.29, 1.82) is 0 Å². The van der Waals surface area contributed by atoms with Crippen LogP contribution >= 0.6 is 0 Å². The molecule has 4 heterocycles. The topological polar surface area (TPSA) is 6.48 Å². The molecule has 0 spiro atoms. The summed E-state index contributed by atoms with van der Waals surface area (Å²) < 4.78 is 0. The maximum Gasteiger partial charge on any atom is 0.252 e. The molecular weight excluding hydrogens is 771 g/mol. The number of nitrogens with zero attached hydrogens (tertiary/aromatic N) is 2. The van der Waals surface area contributed by atoms with E-state index in [1.165, 1.54) is 112 Å². The van der Waals surface area contributed by atoms with Gasteiger partial charge in [-0.15, -0.1) is 0 Å². The van der Waals surface area contributed by atoms with Crippen LogP contribution in [0.5, 0.6) is 0 Å².